The first kappa shape index (κ1) is 11.8. The summed E-state index contributed by atoms with van der Waals surface area (Å²) in [6.07, 6.45) is 0. The van der Waals surface area contributed by atoms with Gasteiger partial charge in [-0.05, 0) is 26.0 Å². The molecule has 1 saturated heterocycles. The molecule has 0 saturated carbocycles. The Kier molecular flexibility index (Phi) is 3.23. The standard InChI is InChI=1S/C11H17N5O/c1-7-6-16(8(2)5-13-7)10-4-3-9(11(12)17)14-15-10/h3-4,7-8,13H,5-6H2,1-2H3,(H2,12,17). The van der Waals surface area contributed by atoms with Crippen LogP contribution in [-0.4, -0.2) is 41.3 Å². The average Bonchev–Trinajstić information content (AvgIpc) is 2.32. The molecule has 2 atom stereocenters. The maximum atomic E-state index is 10.9. The second kappa shape index (κ2) is 4.67. The van der Waals surface area contributed by atoms with Crippen LogP contribution in [0.1, 0.15) is 24.3 Å². The molecule has 2 heterocycles. The number of carbonyl (C=O) groups excluding carboxylic acids is 1. The highest BCUT2D eigenvalue weighted by Crippen LogP contribution is 2.16. The summed E-state index contributed by atoms with van der Waals surface area (Å²) >= 11 is 0. The van der Waals surface area contributed by atoms with E-state index in [2.05, 4.69) is 34.3 Å². The lowest BCUT2D eigenvalue weighted by atomic mass is 10.1. The van der Waals surface area contributed by atoms with Crippen LogP contribution in [0.25, 0.3) is 0 Å². The quantitative estimate of drug-likeness (QED) is 0.739. The SMILES string of the molecule is CC1CN(c2ccc(C(N)=O)nn2)C(C)CN1. The Hall–Kier alpha value is -1.69. The Bertz CT molecular complexity index is 405. The molecule has 1 aliphatic rings. The van der Waals surface area contributed by atoms with Gasteiger partial charge in [-0.15, -0.1) is 10.2 Å². The molecular formula is C11H17N5O. The molecule has 1 aliphatic heterocycles. The van der Waals surface area contributed by atoms with Gasteiger partial charge in [0.15, 0.2) is 11.5 Å². The summed E-state index contributed by atoms with van der Waals surface area (Å²) in [5.41, 5.74) is 5.33. The summed E-state index contributed by atoms with van der Waals surface area (Å²) in [5, 5.41) is 11.3. The number of anilines is 1. The van der Waals surface area contributed by atoms with Crippen molar-refractivity contribution in [3.8, 4) is 0 Å². The third kappa shape index (κ3) is 2.52. The Morgan fingerprint density at radius 3 is 2.82 bits per heavy atom. The van der Waals surface area contributed by atoms with Gasteiger partial charge in [0, 0.05) is 25.2 Å². The molecule has 1 amide bonds. The van der Waals surface area contributed by atoms with E-state index in [0.29, 0.717) is 12.1 Å². The van der Waals surface area contributed by atoms with Crippen molar-refractivity contribution in [1.82, 2.24) is 15.5 Å². The lowest BCUT2D eigenvalue weighted by Crippen LogP contribution is -2.54. The number of primary amides is 1. The predicted molar refractivity (Wildman–Crippen MR) is 64.8 cm³/mol. The number of amides is 1. The number of carbonyl (C=O) groups is 1. The Morgan fingerprint density at radius 2 is 2.24 bits per heavy atom. The van der Waals surface area contributed by atoms with Gasteiger partial charge >= 0.3 is 0 Å². The van der Waals surface area contributed by atoms with E-state index in [0.717, 1.165) is 18.9 Å². The van der Waals surface area contributed by atoms with Crippen LogP contribution in [0.3, 0.4) is 0 Å². The molecule has 0 aromatic carbocycles. The number of hydrogen-bond acceptors (Lipinski definition) is 5. The lowest BCUT2D eigenvalue weighted by Gasteiger charge is -2.38. The first-order valence-corrected chi connectivity index (χ1v) is 5.71. The van der Waals surface area contributed by atoms with Crippen LogP contribution in [0.4, 0.5) is 5.82 Å². The molecule has 6 nitrogen and oxygen atoms in total. The normalized spacial score (nSPS) is 24.7. The minimum Gasteiger partial charge on any atom is -0.364 e. The van der Waals surface area contributed by atoms with Gasteiger partial charge in [-0.2, -0.15) is 0 Å². The molecule has 1 aromatic rings. The molecule has 0 aliphatic carbocycles. The molecule has 2 unspecified atom stereocenters. The van der Waals surface area contributed by atoms with E-state index < -0.39 is 5.91 Å². The molecule has 92 valence electrons. The summed E-state index contributed by atoms with van der Waals surface area (Å²) < 4.78 is 0. The van der Waals surface area contributed by atoms with Crippen molar-refractivity contribution in [1.29, 1.82) is 0 Å². The highest BCUT2D eigenvalue weighted by molar-refractivity contribution is 5.90. The zero-order valence-electron chi connectivity index (χ0n) is 10.1. The lowest BCUT2D eigenvalue weighted by molar-refractivity contribution is 0.0994. The molecule has 2 rings (SSSR count). The maximum Gasteiger partial charge on any atom is 0.269 e. The Balaban J connectivity index is 2.18. The number of hydrogen-bond donors (Lipinski definition) is 2. The van der Waals surface area contributed by atoms with Gasteiger partial charge in [-0.25, -0.2) is 0 Å². The van der Waals surface area contributed by atoms with Crippen molar-refractivity contribution in [3.05, 3.63) is 17.8 Å². The fourth-order valence-corrected chi connectivity index (χ4v) is 1.95. The van der Waals surface area contributed by atoms with E-state index in [1.807, 2.05) is 0 Å². The average molecular weight is 235 g/mol. The van der Waals surface area contributed by atoms with Gasteiger partial charge in [0.1, 0.15) is 0 Å². The number of nitrogens with zero attached hydrogens (tertiary/aromatic N) is 3. The number of nitrogens with one attached hydrogen (secondary N) is 1. The third-order valence-corrected chi connectivity index (χ3v) is 2.96. The largest absolute Gasteiger partial charge is 0.364 e. The van der Waals surface area contributed by atoms with Crippen molar-refractivity contribution in [3.63, 3.8) is 0 Å². The fourth-order valence-electron chi connectivity index (χ4n) is 1.95. The zero-order valence-corrected chi connectivity index (χ0v) is 10.1. The van der Waals surface area contributed by atoms with Crippen LogP contribution in [0.2, 0.25) is 0 Å². The van der Waals surface area contributed by atoms with Gasteiger partial charge in [0.2, 0.25) is 0 Å². The van der Waals surface area contributed by atoms with Crippen molar-refractivity contribution in [2.75, 3.05) is 18.0 Å². The van der Waals surface area contributed by atoms with Crippen LogP contribution in [-0.2, 0) is 0 Å². The second-order valence-electron chi connectivity index (χ2n) is 4.45. The summed E-state index contributed by atoms with van der Waals surface area (Å²) in [6, 6.07) is 4.19. The molecule has 0 bridgehead atoms. The second-order valence-corrected chi connectivity index (χ2v) is 4.45. The molecule has 3 N–H and O–H groups in total. The number of piperazine rings is 1. The minimum absolute atomic E-state index is 0.199. The zero-order chi connectivity index (χ0) is 12.4. The molecule has 17 heavy (non-hydrogen) atoms. The first-order valence-electron chi connectivity index (χ1n) is 5.71. The van der Waals surface area contributed by atoms with Crippen molar-refractivity contribution in [2.24, 2.45) is 5.73 Å². The van der Waals surface area contributed by atoms with E-state index in [1.165, 1.54) is 0 Å². The smallest absolute Gasteiger partial charge is 0.269 e. The first-order chi connectivity index (χ1) is 8.08. The van der Waals surface area contributed by atoms with Crippen LogP contribution >= 0.6 is 0 Å². The van der Waals surface area contributed by atoms with E-state index in [9.17, 15) is 4.79 Å². The van der Waals surface area contributed by atoms with Crippen LogP contribution in [0.5, 0.6) is 0 Å². The topological polar surface area (TPSA) is 84.1 Å². The van der Waals surface area contributed by atoms with Crippen molar-refractivity contribution >= 4 is 11.7 Å². The highest BCUT2D eigenvalue weighted by atomic mass is 16.1. The predicted octanol–water partition coefficient (Wildman–Crippen LogP) is -0.238. The van der Waals surface area contributed by atoms with E-state index >= 15 is 0 Å². The fraction of sp³-hybridized carbons (Fsp3) is 0.545. The highest BCUT2D eigenvalue weighted by Gasteiger charge is 2.23. The van der Waals surface area contributed by atoms with Gasteiger partial charge < -0.3 is 16.0 Å². The molecule has 0 radical (unpaired) electrons. The van der Waals surface area contributed by atoms with Crippen molar-refractivity contribution < 1.29 is 4.79 Å². The summed E-state index contributed by atoms with van der Waals surface area (Å²) in [4.78, 5) is 13.1. The van der Waals surface area contributed by atoms with Crippen LogP contribution < -0.4 is 16.0 Å². The van der Waals surface area contributed by atoms with Gasteiger partial charge in [0.05, 0.1) is 0 Å². The number of rotatable bonds is 2. The summed E-state index contributed by atoms with van der Waals surface area (Å²) in [6.45, 7) is 6.05. The van der Waals surface area contributed by atoms with Crippen LogP contribution in [0.15, 0.2) is 12.1 Å². The van der Waals surface area contributed by atoms with Gasteiger partial charge in [-0.3, -0.25) is 4.79 Å². The van der Waals surface area contributed by atoms with Gasteiger partial charge in [-0.1, -0.05) is 0 Å². The molecule has 6 heteroatoms. The minimum atomic E-state index is -0.550. The van der Waals surface area contributed by atoms with E-state index in [1.54, 1.807) is 12.1 Å². The van der Waals surface area contributed by atoms with Crippen LogP contribution in [0, 0.1) is 0 Å². The summed E-state index contributed by atoms with van der Waals surface area (Å²) in [7, 11) is 0. The molecule has 1 aromatic heterocycles. The molecular weight excluding hydrogens is 218 g/mol. The molecule has 1 fully saturated rings. The monoisotopic (exact) mass is 235 g/mol. The van der Waals surface area contributed by atoms with E-state index in [-0.39, 0.29) is 5.69 Å². The summed E-state index contributed by atoms with van der Waals surface area (Å²) in [5.74, 6) is 0.238. The maximum absolute atomic E-state index is 10.9. The van der Waals surface area contributed by atoms with Crippen molar-refractivity contribution in [2.45, 2.75) is 25.9 Å². The Labute approximate surface area is 100 Å². The number of nitrogens with two attached hydrogens (primary N) is 1. The molecule has 0 spiro atoms. The third-order valence-electron chi connectivity index (χ3n) is 2.96. The van der Waals surface area contributed by atoms with Gasteiger partial charge in [0.25, 0.3) is 5.91 Å². The Morgan fingerprint density at radius 1 is 1.47 bits per heavy atom. The van der Waals surface area contributed by atoms with E-state index in [4.69, 9.17) is 5.73 Å². The number of aromatic nitrogens is 2.